The molecule has 0 spiro atoms. The van der Waals surface area contributed by atoms with Crippen molar-refractivity contribution < 1.29 is 14.2 Å². The maximum Gasteiger partial charge on any atom is 0.253 e. The average Bonchev–Trinajstić information content (AvgIpc) is 3.20. The summed E-state index contributed by atoms with van der Waals surface area (Å²) in [7, 11) is 3.16. The van der Waals surface area contributed by atoms with E-state index in [-0.39, 0.29) is 11.7 Å². The quantitative estimate of drug-likeness (QED) is 0.685. The first-order chi connectivity index (χ1) is 13.5. The Morgan fingerprint density at radius 1 is 1.32 bits per heavy atom. The first kappa shape index (κ1) is 20.4. The molecule has 1 saturated heterocycles. The van der Waals surface area contributed by atoms with Crippen LogP contribution in [0.2, 0.25) is 0 Å². The van der Waals surface area contributed by atoms with Gasteiger partial charge in [-0.05, 0) is 44.1 Å². The standard InChI is InChI=1S/C20H27N3O4S/c1-4-21-20(28)23(12-15-6-5-7-27-15)11-14-8-13-9-17(25-2)18(26-3)10-16(13)22-19(14)24/h8-10,15H,4-7,11-12H2,1-3H3,(H,21,28)(H,22,24). The van der Waals surface area contributed by atoms with Crippen LogP contribution >= 0.6 is 12.2 Å². The lowest BCUT2D eigenvalue weighted by atomic mass is 10.1. The minimum absolute atomic E-state index is 0.139. The molecular formula is C20H27N3O4S. The molecule has 0 bridgehead atoms. The second-order valence-corrected chi connectivity index (χ2v) is 7.16. The molecule has 152 valence electrons. The van der Waals surface area contributed by atoms with Gasteiger partial charge in [-0.3, -0.25) is 4.79 Å². The van der Waals surface area contributed by atoms with Crippen molar-refractivity contribution in [3.8, 4) is 11.5 Å². The maximum atomic E-state index is 12.7. The Balaban J connectivity index is 1.91. The van der Waals surface area contributed by atoms with E-state index in [1.165, 1.54) is 0 Å². The van der Waals surface area contributed by atoms with E-state index in [9.17, 15) is 4.79 Å². The van der Waals surface area contributed by atoms with E-state index in [1.54, 1.807) is 20.3 Å². The van der Waals surface area contributed by atoms with Crippen molar-refractivity contribution in [2.24, 2.45) is 0 Å². The minimum Gasteiger partial charge on any atom is -0.493 e. The van der Waals surface area contributed by atoms with E-state index >= 15 is 0 Å². The third kappa shape index (κ3) is 4.56. The third-order valence-electron chi connectivity index (χ3n) is 4.85. The second kappa shape index (κ2) is 9.25. The monoisotopic (exact) mass is 405 g/mol. The van der Waals surface area contributed by atoms with Gasteiger partial charge in [-0.1, -0.05) is 0 Å². The predicted octanol–water partition coefficient (Wildman–Crippen LogP) is 2.42. The molecule has 1 aliphatic rings. The van der Waals surface area contributed by atoms with Crippen LogP contribution in [0.4, 0.5) is 0 Å². The van der Waals surface area contributed by atoms with Crippen molar-refractivity contribution in [2.45, 2.75) is 32.4 Å². The number of fused-ring (bicyclic) bond motifs is 1. The zero-order valence-electron chi connectivity index (χ0n) is 16.5. The number of ether oxygens (including phenoxy) is 3. The van der Waals surface area contributed by atoms with E-state index in [0.29, 0.717) is 40.8 Å². The van der Waals surface area contributed by atoms with E-state index < -0.39 is 0 Å². The maximum absolute atomic E-state index is 12.7. The van der Waals surface area contributed by atoms with Crippen molar-refractivity contribution in [2.75, 3.05) is 33.9 Å². The van der Waals surface area contributed by atoms with E-state index in [4.69, 9.17) is 26.4 Å². The number of thiocarbonyl (C=S) groups is 1. The molecule has 1 aliphatic heterocycles. The number of H-pyrrole nitrogens is 1. The summed E-state index contributed by atoms with van der Waals surface area (Å²) >= 11 is 5.53. The fourth-order valence-electron chi connectivity index (χ4n) is 3.42. The number of nitrogens with zero attached hydrogens (tertiary/aromatic N) is 1. The van der Waals surface area contributed by atoms with Gasteiger partial charge in [0.2, 0.25) is 0 Å². The Morgan fingerprint density at radius 2 is 2.07 bits per heavy atom. The molecule has 0 aliphatic carbocycles. The number of benzene rings is 1. The topological polar surface area (TPSA) is 75.8 Å². The zero-order chi connectivity index (χ0) is 20.1. The lowest BCUT2D eigenvalue weighted by Crippen LogP contribution is -2.43. The number of methoxy groups -OCH3 is 2. The molecule has 2 heterocycles. The molecule has 0 radical (unpaired) electrons. The highest BCUT2D eigenvalue weighted by molar-refractivity contribution is 7.80. The minimum atomic E-state index is -0.142. The Morgan fingerprint density at radius 3 is 2.71 bits per heavy atom. The molecule has 0 amide bonds. The van der Waals surface area contributed by atoms with Gasteiger partial charge in [0.25, 0.3) is 5.56 Å². The van der Waals surface area contributed by atoms with Gasteiger partial charge in [-0.2, -0.15) is 0 Å². The smallest absolute Gasteiger partial charge is 0.253 e. The van der Waals surface area contributed by atoms with Crippen molar-refractivity contribution in [3.05, 3.63) is 34.1 Å². The van der Waals surface area contributed by atoms with E-state index in [0.717, 1.165) is 31.4 Å². The van der Waals surface area contributed by atoms with Crippen molar-refractivity contribution in [3.63, 3.8) is 0 Å². The van der Waals surface area contributed by atoms with E-state index in [2.05, 4.69) is 10.3 Å². The lowest BCUT2D eigenvalue weighted by Gasteiger charge is -2.28. The summed E-state index contributed by atoms with van der Waals surface area (Å²) in [6, 6.07) is 5.51. The molecule has 1 unspecified atom stereocenters. The van der Waals surface area contributed by atoms with Gasteiger partial charge >= 0.3 is 0 Å². The van der Waals surface area contributed by atoms with E-state index in [1.807, 2.05) is 24.0 Å². The fourth-order valence-corrected chi connectivity index (χ4v) is 3.70. The molecule has 8 heteroatoms. The summed E-state index contributed by atoms with van der Waals surface area (Å²) in [4.78, 5) is 17.6. The Labute approximate surface area is 170 Å². The summed E-state index contributed by atoms with van der Waals surface area (Å²) in [6.45, 7) is 4.58. The normalized spacial score (nSPS) is 16.2. The number of pyridine rings is 1. The molecule has 3 rings (SSSR count). The lowest BCUT2D eigenvalue weighted by molar-refractivity contribution is 0.0897. The molecule has 1 fully saturated rings. The van der Waals surface area contributed by atoms with Crippen LogP contribution in [0.15, 0.2) is 23.0 Å². The van der Waals surface area contributed by atoms with Crippen molar-refractivity contribution in [1.82, 2.24) is 15.2 Å². The Hall–Kier alpha value is -2.32. The summed E-state index contributed by atoms with van der Waals surface area (Å²) in [5, 5.41) is 4.69. The van der Waals surface area contributed by atoms with Crippen LogP contribution in [-0.2, 0) is 11.3 Å². The number of aromatic amines is 1. The van der Waals surface area contributed by atoms with Gasteiger partial charge in [0.05, 0.1) is 32.4 Å². The van der Waals surface area contributed by atoms with Crippen LogP contribution in [0, 0.1) is 0 Å². The molecule has 1 aromatic heterocycles. The van der Waals surface area contributed by atoms with Crippen molar-refractivity contribution in [1.29, 1.82) is 0 Å². The van der Waals surface area contributed by atoms with Gasteiger partial charge in [0.1, 0.15) is 0 Å². The highest BCUT2D eigenvalue weighted by atomic mass is 32.1. The fraction of sp³-hybridized carbons (Fsp3) is 0.500. The average molecular weight is 406 g/mol. The largest absolute Gasteiger partial charge is 0.493 e. The Kier molecular flexibility index (Phi) is 6.74. The molecule has 2 aromatic rings. The summed E-state index contributed by atoms with van der Waals surface area (Å²) < 4.78 is 16.5. The molecule has 1 atom stereocenters. The number of aromatic nitrogens is 1. The highest BCUT2D eigenvalue weighted by Crippen LogP contribution is 2.31. The summed E-state index contributed by atoms with van der Waals surface area (Å²) in [6.07, 6.45) is 2.21. The molecule has 0 saturated carbocycles. The number of hydrogen-bond donors (Lipinski definition) is 2. The molecule has 1 aromatic carbocycles. The zero-order valence-corrected chi connectivity index (χ0v) is 17.4. The number of rotatable bonds is 7. The van der Waals surface area contributed by atoms with Gasteiger partial charge in [-0.15, -0.1) is 0 Å². The molecule has 7 nitrogen and oxygen atoms in total. The van der Waals surface area contributed by atoms with Crippen LogP contribution < -0.4 is 20.3 Å². The van der Waals surface area contributed by atoms with Gasteiger partial charge < -0.3 is 29.4 Å². The predicted molar refractivity (Wildman–Crippen MR) is 113 cm³/mol. The number of nitrogens with one attached hydrogen (secondary N) is 2. The first-order valence-corrected chi connectivity index (χ1v) is 9.88. The summed E-state index contributed by atoms with van der Waals surface area (Å²) in [5.41, 5.74) is 1.20. The van der Waals surface area contributed by atoms with Crippen LogP contribution in [0.25, 0.3) is 10.9 Å². The molecule has 28 heavy (non-hydrogen) atoms. The van der Waals surface area contributed by atoms with Crippen LogP contribution in [0.1, 0.15) is 25.3 Å². The highest BCUT2D eigenvalue weighted by Gasteiger charge is 2.22. The Bertz CT molecular complexity index is 893. The molecular weight excluding hydrogens is 378 g/mol. The second-order valence-electron chi connectivity index (χ2n) is 6.77. The van der Waals surface area contributed by atoms with Crippen LogP contribution in [0.3, 0.4) is 0 Å². The van der Waals surface area contributed by atoms with Gasteiger partial charge in [0.15, 0.2) is 16.6 Å². The van der Waals surface area contributed by atoms with Gasteiger partial charge in [-0.25, -0.2) is 0 Å². The van der Waals surface area contributed by atoms with Gasteiger partial charge in [0, 0.05) is 36.7 Å². The number of hydrogen-bond acceptors (Lipinski definition) is 5. The SMILES string of the molecule is CCNC(=S)N(Cc1cc2cc(OC)c(OC)cc2[nH]c1=O)CC1CCCO1. The van der Waals surface area contributed by atoms with Crippen LogP contribution in [-0.4, -0.2) is 55.0 Å². The molecule has 2 N–H and O–H groups in total. The summed E-state index contributed by atoms with van der Waals surface area (Å²) in [5.74, 6) is 1.19. The van der Waals surface area contributed by atoms with Crippen molar-refractivity contribution >= 4 is 28.2 Å². The van der Waals surface area contributed by atoms with Crippen LogP contribution in [0.5, 0.6) is 11.5 Å². The first-order valence-electron chi connectivity index (χ1n) is 9.48. The third-order valence-corrected chi connectivity index (χ3v) is 5.25.